The lowest BCUT2D eigenvalue weighted by Crippen LogP contribution is -2.44. The second-order valence-corrected chi connectivity index (χ2v) is 3.79. The normalized spacial score (nSPS) is 19.3. The Morgan fingerprint density at radius 2 is 1.92 bits per heavy atom. The molecule has 2 N–H and O–H groups in total. The minimum absolute atomic E-state index is 0.564. The quantitative estimate of drug-likeness (QED) is 0.683. The molecule has 0 radical (unpaired) electrons. The summed E-state index contributed by atoms with van der Waals surface area (Å²) in [7, 11) is 2.12. The van der Waals surface area contributed by atoms with Crippen LogP contribution in [-0.2, 0) is 0 Å². The van der Waals surface area contributed by atoms with Gasteiger partial charge in [0.1, 0.15) is 0 Å². The standard InChI is InChI=1S/C7H13N5S/c1-11-2-4-12(5-3-11)7-6(8)9-13-10-7/h2-5H2,1H3,(H2,8,9). The summed E-state index contributed by atoms with van der Waals surface area (Å²) in [6.07, 6.45) is 0. The zero-order chi connectivity index (χ0) is 9.26. The molecule has 5 nitrogen and oxygen atoms in total. The van der Waals surface area contributed by atoms with Crippen LogP contribution in [0, 0.1) is 0 Å². The smallest absolute Gasteiger partial charge is 0.186 e. The molecule has 0 aromatic carbocycles. The van der Waals surface area contributed by atoms with E-state index < -0.39 is 0 Å². The first-order valence-electron chi connectivity index (χ1n) is 4.29. The Labute approximate surface area is 81.5 Å². The molecule has 1 saturated heterocycles. The van der Waals surface area contributed by atoms with E-state index in [4.69, 9.17) is 5.73 Å². The van der Waals surface area contributed by atoms with E-state index in [-0.39, 0.29) is 0 Å². The Kier molecular flexibility index (Phi) is 2.32. The molecule has 0 amide bonds. The minimum atomic E-state index is 0.564. The summed E-state index contributed by atoms with van der Waals surface area (Å²) >= 11 is 1.18. The predicted molar refractivity (Wildman–Crippen MR) is 54.0 cm³/mol. The average Bonchev–Trinajstić information content (AvgIpc) is 2.53. The molecule has 0 saturated carbocycles. The number of nitrogens with zero attached hydrogens (tertiary/aromatic N) is 4. The lowest BCUT2D eigenvalue weighted by molar-refractivity contribution is 0.312. The van der Waals surface area contributed by atoms with Crippen molar-refractivity contribution in [3.63, 3.8) is 0 Å². The van der Waals surface area contributed by atoms with Crippen molar-refractivity contribution in [3.05, 3.63) is 0 Å². The lowest BCUT2D eigenvalue weighted by atomic mass is 10.3. The summed E-state index contributed by atoms with van der Waals surface area (Å²) in [6, 6.07) is 0. The van der Waals surface area contributed by atoms with Crippen molar-refractivity contribution >= 4 is 23.4 Å². The van der Waals surface area contributed by atoms with Gasteiger partial charge < -0.3 is 15.5 Å². The Balaban J connectivity index is 2.06. The fraction of sp³-hybridized carbons (Fsp3) is 0.714. The van der Waals surface area contributed by atoms with Crippen LogP contribution in [0.25, 0.3) is 0 Å². The van der Waals surface area contributed by atoms with Gasteiger partial charge in [0, 0.05) is 26.2 Å². The van der Waals surface area contributed by atoms with E-state index in [9.17, 15) is 0 Å². The van der Waals surface area contributed by atoms with Crippen molar-refractivity contribution in [2.75, 3.05) is 43.9 Å². The molecule has 1 aliphatic heterocycles. The van der Waals surface area contributed by atoms with E-state index in [1.54, 1.807) is 0 Å². The van der Waals surface area contributed by atoms with E-state index >= 15 is 0 Å². The van der Waals surface area contributed by atoms with Gasteiger partial charge in [0.05, 0.1) is 11.7 Å². The molecule has 1 aromatic heterocycles. The van der Waals surface area contributed by atoms with Crippen molar-refractivity contribution in [2.24, 2.45) is 0 Å². The summed E-state index contributed by atoms with van der Waals surface area (Å²) in [6.45, 7) is 4.12. The van der Waals surface area contributed by atoms with Gasteiger partial charge >= 0.3 is 0 Å². The predicted octanol–water partition coefficient (Wildman–Crippen LogP) is -0.128. The summed E-state index contributed by atoms with van der Waals surface area (Å²) in [5.41, 5.74) is 5.69. The summed E-state index contributed by atoms with van der Waals surface area (Å²) < 4.78 is 8.14. The fourth-order valence-electron chi connectivity index (χ4n) is 1.43. The van der Waals surface area contributed by atoms with Crippen LogP contribution in [0.1, 0.15) is 0 Å². The van der Waals surface area contributed by atoms with E-state index in [1.807, 2.05) is 0 Å². The molecule has 2 rings (SSSR count). The van der Waals surface area contributed by atoms with E-state index in [2.05, 4.69) is 25.6 Å². The maximum atomic E-state index is 5.69. The highest BCUT2D eigenvalue weighted by Gasteiger charge is 2.18. The second kappa shape index (κ2) is 3.47. The molecule has 6 heteroatoms. The number of hydrogen-bond donors (Lipinski definition) is 1. The van der Waals surface area contributed by atoms with E-state index in [0.717, 1.165) is 32.0 Å². The van der Waals surface area contributed by atoms with Crippen molar-refractivity contribution in [1.82, 2.24) is 13.6 Å². The monoisotopic (exact) mass is 199 g/mol. The minimum Gasteiger partial charge on any atom is -0.380 e. The largest absolute Gasteiger partial charge is 0.380 e. The summed E-state index contributed by atoms with van der Waals surface area (Å²) in [5, 5.41) is 0. The van der Waals surface area contributed by atoms with Gasteiger partial charge in [0.25, 0.3) is 0 Å². The van der Waals surface area contributed by atoms with Crippen LogP contribution in [0.5, 0.6) is 0 Å². The van der Waals surface area contributed by atoms with Gasteiger partial charge in [-0.2, -0.15) is 8.75 Å². The number of piperazine rings is 1. The van der Waals surface area contributed by atoms with Crippen molar-refractivity contribution in [1.29, 1.82) is 0 Å². The molecule has 0 aliphatic carbocycles. The zero-order valence-corrected chi connectivity index (χ0v) is 8.42. The zero-order valence-electron chi connectivity index (χ0n) is 7.60. The van der Waals surface area contributed by atoms with E-state index in [1.165, 1.54) is 11.7 Å². The topological polar surface area (TPSA) is 58.3 Å². The molecule has 1 aromatic rings. The SMILES string of the molecule is CN1CCN(c2nsnc2N)CC1. The highest BCUT2D eigenvalue weighted by molar-refractivity contribution is 6.99. The highest BCUT2D eigenvalue weighted by Crippen LogP contribution is 2.20. The van der Waals surface area contributed by atoms with Gasteiger partial charge in [0.15, 0.2) is 11.6 Å². The Morgan fingerprint density at radius 1 is 1.23 bits per heavy atom. The first kappa shape index (κ1) is 8.71. The molecular weight excluding hydrogens is 186 g/mol. The van der Waals surface area contributed by atoms with E-state index in [0.29, 0.717) is 5.82 Å². The number of likely N-dealkylation sites (N-methyl/N-ethyl adjacent to an activating group) is 1. The maximum absolute atomic E-state index is 5.69. The molecule has 2 heterocycles. The van der Waals surface area contributed by atoms with Crippen LogP contribution in [0.3, 0.4) is 0 Å². The number of nitrogens with two attached hydrogens (primary N) is 1. The van der Waals surface area contributed by atoms with Crippen LogP contribution in [0.4, 0.5) is 11.6 Å². The van der Waals surface area contributed by atoms with Crippen LogP contribution >= 0.6 is 11.7 Å². The van der Waals surface area contributed by atoms with Gasteiger partial charge in [-0.1, -0.05) is 0 Å². The van der Waals surface area contributed by atoms with Crippen molar-refractivity contribution in [2.45, 2.75) is 0 Å². The number of hydrogen-bond acceptors (Lipinski definition) is 6. The molecule has 0 bridgehead atoms. The second-order valence-electron chi connectivity index (χ2n) is 3.26. The molecule has 0 unspecified atom stereocenters. The Morgan fingerprint density at radius 3 is 2.46 bits per heavy atom. The maximum Gasteiger partial charge on any atom is 0.186 e. The molecule has 0 atom stereocenters. The number of anilines is 2. The van der Waals surface area contributed by atoms with Gasteiger partial charge in [-0.15, -0.1) is 0 Å². The number of rotatable bonds is 1. The molecular formula is C7H13N5S. The van der Waals surface area contributed by atoms with Crippen molar-refractivity contribution in [3.8, 4) is 0 Å². The third-order valence-electron chi connectivity index (χ3n) is 2.30. The fourth-order valence-corrected chi connectivity index (χ4v) is 1.93. The molecule has 0 spiro atoms. The van der Waals surface area contributed by atoms with Gasteiger partial charge in [-0.05, 0) is 7.05 Å². The Hall–Kier alpha value is -0.880. The van der Waals surface area contributed by atoms with Gasteiger partial charge in [-0.3, -0.25) is 0 Å². The lowest BCUT2D eigenvalue weighted by Gasteiger charge is -2.32. The van der Waals surface area contributed by atoms with Crippen LogP contribution in [-0.4, -0.2) is 46.9 Å². The third kappa shape index (κ3) is 1.73. The molecule has 13 heavy (non-hydrogen) atoms. The Bertz CT molecular complexity index is 278. The van der Waals surface area contributed by atoms with Gasteiger partial charge in [0.2, 0.25) is 0 Å². The van der Waals surface area contributed by atoms with Crippen molar-refractivity contribution < 1.29 is 0 Å². The first-order chi connectivity index (χ1) is 6.27. The first-order valence-corrected chi connectivity index (χ1v) is 5.02. The van der Waals surface area contributed by atoms with Crippen LogP contribution < -0.4 is 10.6 Å². The van der Waals surface area contributed by atoms with Gasteiger partial charge in [-0.25, -0.2) is 0 Å². The average molecular weight is 199 g/mol. The number of aromatic nitrogens is 2. The molecule has 1 fully saturated rings. The van der Waals surface area contributed by atoms with Crippen LogP contribution in [0.2, 0.25) is 0 Å². The molecule has 1 aliphatic rings. The van der Waals surface area contributed by atoms with Crippen LogP contribution in [0.15, 0.2) is 0 Å². The highest BCUT2D eigenvalue weighted by atomic mass is 32.1. The molecule has 72 valence electrons. The third-order valence-corrected chi connectivity index (χ3v) is 2.83. The number of nitrogen functional groups attached to an aromatic ring is 1. The summed E-state index contributed by atoms with van der Waals surface area (Å²) in [4.78, 5) is 4.49. The summed E-state index contributed by atoms with van der Waals surface area (Å²) in [5.74, 6) is 1.42.